The van der Waals surface area contributed by atoms with Crippen LogP contribution in [-0.4, -0.2) is 34.4 Å². The molecule has 2 aliphatic rings. The number of hydrogen-bond acceptors (Lipinski definition) is 5. The zero-order chi connectivity index (χ0) is 26.6. The number of aromatic nitrogens is 1. The third-order valence-corrected chi connectivity index (χ3v) is 7.51. The third kappa shape index (κ3) is 4.97. The smallest absolute Gasteiger partial charge is 0.395 e. The van der Waals surface area contributed by atoms with Crippen LogP contribution in [0.4, 0.5) is 8.78 Å². The third-order valence-electron chi connectivity index (χ3n) is 7.51. The Kier molecular flexibility index (Phi) is 6.31. The molecular weight excluding hydrogens is 478 g/mol. The fraction of sp³-hybridized carbons (Fsp3) is 0.483. The quantitative estimate of drug-likeness (QED) is 0.411. The van der Waals surface area contributed by atoms with E-state index in [0.29, 0.717) is 32.2 Å². The van der Waals surface area contributed by atoms with Gasteiger partial charge in [0, 0.05) is 35.0 Å². The first-order chi connectivity index (χ1) is 17.4. The van der Waals surface area contributed by atoms with E-state index in [9.17, 15) is 18.7 Å². The summed E-state index contributed by atoms with van der Waals surface area (Å²) in [6.07, 6.45) is -0.975. The number of hydrogen-bond donors (Lipinski definition) is 2. The van der Waals surface area contributed by atoms with Crippen molar-refractivity contribution in [2.45, 2.75) is 82.6 Å². The summed E-state index contributed by atoms with van der Waals surface area (Å²) in [5.74, 6) is 0.111. The molecule has 1 aromatic heterocycles. The van der Waals surface area contributed by atoms with Crippen LogP contribution in [0.25, 0.3) is 10.9 Å². The molecule has 3 aromatic rings. The second-order valence-electron chi connectivity index (χ2n) is 11.4. The number of fused-ring (bicyclic) bond motifs is 2. The van der Waals surface area contributed by atoms with Crippen molar-refractivity contribution in [1.82, 2.24) is 4.57 Å². The SMILES string of the molecule is CC(C)(C)c1cc2cc(CCCC(=O)C3(c4ccc5c(c4)OC(F)(F)O5)CC3)ccc2n1C[C@@H](O)CN. The first-order valence-corrected chi connectivity index (χ1v) is 12.9. The lowest BCUT2D eigenvalue weighted by Crippen LogP contribution is -2.28. The molecule has 37 heavy (non-hydrogen) atoms. The molecule has 6 nitrogen and oxygen atoms in total. The van der Waals surface area contributed by atoms with Crippen molar-refractivity contribution in [2.24, 2.45) is 5.73 Å². The maximum atomic E-state index is 13.4. The predicted molar refractivity (Wildman–Crippen MR) is 137 cm³/mol. The van der Waals surface area contributed by atoms with Crippen molar-refractivity contribution in [3.05, 3.63) is 59.3 Å². The minimum absolute atomic E-state index is 0.00613. The van der Waals surface area contributed by atoms with Crippen molar-refractivity contribution in [2.75, 3.05) is 6.54 Å². The zero-order valence-corrected chi connectivity index (χ0v) is 21.5. The lowest BCUT2D eigenvalue weighted by Gasteiger charge is -2.23. The highest BCUT2D eigenvalue weighted by Crippen LogP contribution is 2.53. The first-order valence-electron chi connectivity index (χ1n) is 12.9. The van der Waals surface area contributed by atoms with Crippen molar-refractivity contribution < 1.29 is 28.2 Å². The fourth-order valence-electron chi connectivity index (χ4n) is 5.37. The highest BCUT2D eigenvalue weighted by Gasteiger charge is 2.51. The van der Waals surface area contributed by atoms with E-state index in [0.717, 1.165) is 34.1 Å². The van der Waals surface area contributed by atoms with Crippen molar-refractivity contribution >= 4 is 16.7 Å². The number of nitrogens with zero attached hydrogens (tertiary/aromatic N) is 1. The van der Waals surface area contributed by atoms with Gasteiger partial charge in [0.1, 0.15) is 5.78 Å². The fourth-order valence-corrected chi connectivity index (χ4v) is 5.37. The van der Waals surface area contributed by atoms with E-state index in [2.05, 4.69) is 59.1 Å². The average Bonchev–Trinajstić information content (AvgIpc) is 3.47. The monoisotopic (exact) mass is 512 g/mol. The first kappa shape index (κ1) is 25.7. The van der Waals surface area contributed by atoms with Gasteiger partial charge in [-0.3, -0.25) is 4.79 Å². The molecule has 198 valence electrons. The van der Waals surface area contributed by atoms with E-state index in [1.807, 2.05) is 0 Å². The summed E-state index contributed by atoms with van der Waals surface area (Å²) in [5, 5.41) is 11.3. The summed E-state index contributed by atoms with van der Waals surface area (Å²) in [7, 11) is 0. The number of carbonyl (C=O) groups is 1. The standard InChI is InChI=1S/C29H34F2N2O4/c1-27(2,3)25-14-19-13-18(7-9-22(19)33(25)17-21(34)16-32)5-4-6-26(35)28(11-12-28)20-8-10-23-24(15-20)37-29(30,31)36-23/h7-10,13-15,21,34H,4-6,11-12,16-17,32H2,1-3H3/t21-/m0/s1. The number of nitrogens with two attached hydrogens (primary N) is 1. The van der Waals surface area contributed by atoms with Crippen LogP contribution >= 0.6 is 0 Å². The summed E-state index contributed by atoms with van der Waals surface area (Å²) in [4.78, 5) is 13.2. The maximum absolute atomic E-state index is 13.4. The predicted octanol–water partition coefficient (Wildman–Crippen LogP) is 5.20. The largest absolute Gasteiger partial charge is 0.586 e. The topological polar surface area (TPSA) is 86.7 Å². The van der Waals surface area contributed by atoms with Crippen LogP contribution in [0.3, 0.4) is 0 Å². The molecule has 0 amide bonds. The summed E-state index contributed by atoms with van der Waals surface area (Å²) < 4.78 is 38.0. The number of ether oxygens (including phenoxy) is 2. The molecule has 0 saturated heterocycles. The van der Waals surface area contributed by atoms with E-state index in [1.165, 1.54) is 12.1 Å². The second-order valence-corrected chi connectivity index (χ2v) is 11.4. The minimum atomic E-state index is -3.67. The number of Topliss-reactive ketones (excluding diaryl/α,β-unsaturated/α-hetero) is 1. The number of ketones is 1. The Balaban J connectivity index is 1.27. The molecule has 1 atom stereocenters. The lowest BCUT2D eigenvalue weighted by molar-refractivity contribution is -0.286. The number of benzene rings is 2. The molecule has 2 heterocycles. The van der Waals surface area contributed by atoms with Gasteiger partial charge >= 0.3 is 6.29 Å². The van der Waals surface area contributed by atoms with Gasteiger partial charge in [-0.2, -0.15) is 0 Å². The van der Waals surface area contributed by atoms with Crippen LogP contribution in [-0.2, 0) is 28.6 Å². The number of halogens is 2. The van der Waals surface area contributed by atoms with Crippen LogP contribution in [0.5, 0.6) is 11.5 Å². The van der Waals surface area contributed by atoms with Gasteiger partial charge in [0.05, 0.1) is 18.1 Å². The Hall–Kier alpha value is -2.97. The van der Waals surface area contributed by atoms with Crippen molar-refractivity contribution in [3.8, 4) is 11.5 Å². The summed E-state index contributed by atoms with van der Waals surface area (Å²) >= 11 is 0. The highest BCUT2D eigenvalue weighted by atomic mass is 19.3. The Labute approximate surface area is 215 Å². The van der Waals surface area contributed by atoms with Crippen LogP contribution in [0.1, 0.15) is 63.3 Å². The summed E-state index contributed by atoms with van der Waals surface area (Å²) in [6.45, 7) is 7.10. The van der Waals surface area contributed by atoms with Gasteiger partial charge in [-0.05, 0) is 67.1 Å². The number of carbonyl (C=O) groups excluding carboxylic acids is 1. The molecule has 2 aromatic carbocycles. The van der Waals surface area contributed by atoms with Crippen molar-refractivity contribution in [1.29, 1.82) is 0 Å². The number of alkyl halides is 2. The van der Waals surface area contributed by atoms with E-state index in [1.54, 1.807) is 6.07 Å². The number of aryl methyl sites for hydroxylation is 1. The minimum Gasteiger partial charge on any atom is -0.395 e. The molecule has 8 heteroatoms. The van der Waals surface area contributed by atoms with Gasteiger partial charge in [-0.1, -0.05) is 32.9 Å². The van der Waals surface area contributed by atoms with Gasteiger partial charge in [-0.25, -0.2) is 0 Å². The summed E-state index contributed by atoms with van der Waals surface area (Å²) in [6, 6.07) is 13.2. The van der Waals surface area contributed by atoms with E-state index >= 15 is 0 Å². The van der Waals surface area contributed by atoms with Gasteiger partial charge in [-0.15, -0.1) is 8.78 Å². The number of aliphatic hydroxyl groups is 1. The Morgan fingerprint density at radius 2 is 1.84 bits per heavy atom. The van der Waals surface area contributed by atoms with E-state index < -0.39 is 17.8 Å². The van der Waals surface area contributed by atoms with Crippen LogP contribution < -0.4 is 15.2 Å². The van der Waals surface area contributed by atoms with Gasteiger partial charge < -0.3 is 24.9 Å². The molecule has 1 aliphatic carbocycles. The molecule has 5 rings (SSSR count). The van der Waals surface area contributed by atoms with Crippen LogP contribution in [0, 0.1) is 0 Å². The molecule has 0 unspecified atom stereocenters. The molecule has 0 bridgehead atoms. The Morgan fingerprint density at radius 1 is 1.11 bits per heavy atom. The Morgan fingerprint density at radius 3 is 2.51 bits per heavy atom. The number of rotatable bonds is 9. The molecule has 3 N–H and O–H groups in total. The maximum Gasteiger partial charge on any atom is 0.586 e. The second kappa shape index (κ2) is 9.10. The lowest BCUT2D eigenvalue weighted by atomic mass is 9.88. The molecule has 1 fully saturated rings. The molecular formula is C29H34F2N2O4. The highest BCUT2D eigenvalue weighted by molar-refractivity contribution is 5.93. The molecule has 0 spiro atoms. The van der Waals surface area contributed by atoms with Crippen LogP contribution in [0.2, 0.25) is 0 Å². The van der Waals surface area contributed by atoms with Gasteiger partial charge in [0.15, 0.2) is 11.5 Å². The molecule has 1 aliphatic heterocycles. The van der Waals surface area contributed by atoms with E-state index in [4.69, 9.17) is 5.73 Å². The Bertz CT molecular complexity index is 1340. The zero-order valence-electron chi connectivity index (χ0n) is 21.5. The average molecular weight is 513 g/mol. The summed E-state index contributed by atoms with van der Waals surface area (Å²) in [5.41, 5.74) is 9.03. The van der Waals surface area contributed by atoms with Gasteiger partial charge in [0.25, 0.3) is 0 Å². The van der Waals surface area contributed by atoms with E-state index in [-0.39, 0.29) is 29.2 Å². The van der Waals surface area contributed by atoms with Crippen LogP contribution in [0.15, 0.2) is 42.5 Å². The van der Waals surface area contributed by atoms with Gasteiger partial charge in [0.2, 0.25) is 0 Å². The molecule has 1 saturated carbocycles. The van der Waals surface area contributed by atoms with Crippen molar-refractivity contribution in [3.63, 3.8) is 0 Å². The molecule has 0 radical (unpaired) electrons. The normalized spacial score (nSPS) is 18.2. The number of aliphatic hydroxyl groups excluding tert-OH is 1.